The molecule has 0 aliphatic rings. The van der Waals surface area contributed by atoms with Crippen molar-refractivity contribution < 1.29 is 4.74 Å². The number of nitrogens with two attached hydrogens (primary N) is 1. The number of halogens is 1. The highest BCUT2D eigenvalue weighted by atomic mass is 35.5. The Bertz CT molecular complexity index is 94.1. The quantitative estimate of drug-likeness (QED) is 0.718. The highest BCUT2D eigenvalue weighted by molar-refractivity contribution is 5.85. The normalized spacial score (nSPS) is 13.9. The van der Waals surface area contributed by atoms with Gasteiger partial charge in [-0.15, -0.1) is 12.4 Å². The summed E-state index contributed by atoms with van der Waals surface area (Å²) in [7, 11) is 0. The van der Waals surface area contributed by atoms with E-state index in [0.717, 1.165) is 13.2 Å². The molecule has 0 aromatic carbocycles. The minimum absolute atomic E-state index is 0. The second-order valence-electron chi connectivity index (χ2n) is 3.41. The van der Waals surface area contributed by atoms with Gasteiger partial charge < -0.3 is 10.5 Å². The number of rotatable bonds is 4. The lowest BCUT2D eigenvalue weighted by Gasteiger charge is -2.28. The lowest BCUT2D eigenvalue weighted by molar-refractivity contribution is 0.0594. The van der Waals surface area contributed by atoms with Crippen LogP contribution in [-0.4, -0.2) is 19.3 Å². The van der Waals surface area contributed by atoms with Crippen molar-refractivity contribution in [2.75, 3.05) is 13.2 Å². The summed E-state index contributed by atoms with van der Waals surface area (Å²) in [6.07, 6.45) is 0. The van der Waals surface area contributed by atoms with Crippen LogP contribution in [0.2, 0.25) is 0 Å². The average Bonchev–Trinajstić information content (AvgIpc) is 1.84. The standard InChI is InChI=1S/C8H19NO.ClH/c1-5-10-6-8(3,4)7(2)9;/h7H,5-6,9H2,1-4H3;1H/t7-;/m0./s1. The molecule has 0 radical (unpaired) electrons. The summed E-state index contributed by atoms with van der Waals surface area (Å²) in [6.45, 7) is 9.77. The smallest absolute Gasteiger partial charge is 0.0531 e. The van der Waals surface area contributed by atoms with E-state index in [9.17, 15) is 0 Å². The number of hydrogen-bond donors (Lipinski definition) is 1. The van der Waals surface area contributed by atoms with Crippen LogP contribution >= 0.6 is 12.4 Å². The topological polar surface area (TPSA) is 35.2 Å². The molecule has 0 bridgehead atoms. The van der Waals surface area contributed by atoms with Crippen LogP contribution in [0.4, 0.5) is 0 Å². The van der Waals surface area contributed by atoms with Gasteiger partial charge in [-0.2, -0.15) is 0 Å². The summed E-state index contributed by atoms with van der Waals surface area (Å²) >= 11 is 0. The molecule has 0 unspecified atom stereocenters. The molecule has 2 nitrogen and oxygen atoms in total. The van der Waals surface area contributed by atoms with Crippen LogP contribution in [-0.2, 0) is 4.74 Å². The van der Waals surface area contributed by atoms with E-state index in [-0.39, 0.29) is 23.9 Å². The Balaban J connectivity index is 0. The zero-order valence-electron chi connectivity index (χ0n) is 7.89. The van der Waals surface area contributed by atoms with Crippen molar-refractivity contribution in [2.45, 2.75) is 33.7 Å². The van der Waals surface area contributed by atoms with Gasteiger partial charge >= 0.3 is 0 Å². The molecule has 2 N–H and O–H groups in total. The summed E-state index contributed by atoms with van der Waals surface area (Å²) in [5.74, 6) is 0. The average molecular weight is 182 g/mol. The van der Waals surface area contributed by atoms with E-state index >= 15 is 0 Å². The van der Waals surface area contributed by atoms with E-state index in [1.165, 1.54) is 0 Å². The molecule has 0 aromatic rings. The van der Waals surface area contributed by atoms with Gasteiger partial charge in [-0.25, -0.2) is 0 Å². The first-order valence-corrected chi connectivity index (χ1v) is 3.84. The first-order chi connectivity index (χ1) is 4.50. The van der Waals surface area contributed by atoms with Gasteiger partial charge in [0.15, 0.2) is 0 Å². The Morgan fingerprint density at radius 2 is 1.91 bits per heavy atom. The zero-order valence-corrected chi connectivity index (χ0v) is 8.70. The maximum atomic E-state index is 5.73. The van der Waals surface area contributed by atoms with Crippen molar-refractivity contribution in [1.29, 1.82) is 0 Å². The fourth-order valence-corrected chi connectivity index (χ4v) is 0.497. The number of hydrogen-bond acceptors (Lipinski definition) is 2. The minimum atomic E-state index is 0. The van der Waals surface area contributed by atoms with E-state index in [2.05, 4.69) is 13.8 Å². The summed E-state index contributed by atoms with van der Waals surface area (Å²) < 4.78 is 5.28. The first kappa shape index (κ1) is 13.8. The van der Waals surface area contributed by atoms with Gasteiger partial charge in [-0.05, 0) is 13.8 Å². The predicted octanol–water partition coefficient (Wildman–Crippen LogP) is 1.82. The van der Waals surface area contributed by atoms with Gasteiger partial charge in [0.2, 0.25) is 0 Å². The fraction of sp³-hybridized carbons (Fsp3) is 1.00. The molecule has 0 aliphatic heterocycles. The van der Waals surface area contributed by atoms with Crippen LogP contribution in [0.25, 0.3) is 0 Å². The minimum Gasteiger partial charge on any atom is -0.381 e. The van der Waals surface area contributed by atoms with Gasteiger partial charge in [0, 0.05) is 18.1 Å². The van der Waals surface area contributed by atoms with Crippen LogP contribution in [0, 0.1) is 5.41 Å². The van der Waals surface area contributed by atoms with E-state index in [0.29, 0.717) is 0 Å². The third kappa shape index (κ3) is 5.48. The Labute approximate surface area is 75.9 Å². The highest BCUT2D eigenvalue weighted by Crippen LogP contribution is 2.18. The SMILES string of the molecule is CCOCC(C)(C)[C@H](C)N.Cl. The van der Waals surface area contributed by atoms with Crippen LogP contribution < -0.4 is 5.73 Å². The van der Waals surface area contributed by atoms with E-state index in [4.69, 9.17) is 10.5 Å². The molecule has 0 amide bonds. The third-order valence-electron chi connectivity index (χ3n) is 1.91. The molecule has 1 atom stereocenters. The Hall–Kier alpha value is 0.210. The molecule has 11 heavy (non-hydrogen) atoms. The van der Waals surface area contributed by atoms with Crippen LogP contribution in [0.5, 0.6) is 0 Å². The zero-order chi connectivity index (χ0) is 8.20. The van der Waals surface area contributed by atoms with Crippen molar-refractivity contribution in [1.82, 2.24) is 0 Å². The molecule has 0 heterocycles. The molecule has 0 aromatic heterocycles. The van der Waals surface area contributed by atoms with E-state index in [1.54, 1.807) is 0 Å². The molecule has 0 aliphatic carbocycles. The van der Waals surface area contributed by atoms with Crippen molar-refractivity contribution >= 4 is 12.4 Å². The molecule has 0 fully saturated rings. The summed E-state index contributed by atoms with van der Waals surface area (Å²) in [5, 5.41) is 0. The molecular formula is C8H20ClNO. The van der Waals surface area contributed by atoms with Crippen LogP contribution in [0.3, 0.4) is 0 Å². The van der Waals surface area contributed by atoms with Gasteiger partial charge in [0.25, 0.3) is 0 Å². The Morgan fingerprint density at radius 1 is 1.45 bits per heavy atom. The molecule has 0 saturated carbocycles. The highest BCUT2D eigenvalue weighted by Gasteiger charge is 2.22. The van der Waals surface area contributed by atoms with E-state index in [1.807, 2.05) is 13.8 Å². The van der Waals surface area contributed by atoms with Crippen molar-refractivity contribution in [3.05, 3.63) is 0 Å². The molecule has 0 spiro atoms. The largest absolute Gasteiger partial charge is 0.381 e. The van der Waals surface area contributed by atoms with Crippen LogP contribution in [0.15, 0.2) is 0 Å². The van der Waals surface area contributed by atoms with Crippen molar-refractivity contribution in [3.8, 4) is 0 Å². The molecule has 3 heteroatoms. The summed E-state index contributed by atoms with van der Waals surface area (Å²) in [6, 6.07) is 0.194. The van der Waals surface area contributed by atoms with Crippen molar-refractivity contribution in [3.63, 3.8) is 0 Å². The summed E-state index contributed by atoms with van der Waals surface area (Å²) in [5.41, 5.74) is 5.84. The third-order valence-corrected chi connectivity index (χ3v) is 1.91. The van der Waals surface area contributed by atoms with Crippen molar-refractivity contribution in [2.24, 2.45) is 11.1 Å². The Kier molecular flexibility index (Phi) is 7.28. The molecule has 70 valence electrons. The second-order valence-corrected chi connectivity index (χ2v) is 3.41. The molecular weight excluding hydrogens is 162 g/mol. The molecule has 0 saturated heterocycles. The molecule has 0 rings (SSSR count). The lowest BCUT2D eigenvalue weighted by Crippen LogP contribution is -2.38. The van der Waals surface area contributed by atoms with Gasteiger partial charge in [0.1, 0.15) is 0 Å². The second kappa shape index (κ2) is 5.81. The summed E-state index contributed by atoms with van der Waals surface area (Å²) in [4.78, 5) is 0. The van der Waals surface area contributed by atoms with Gasteiger partial charge in [-0.1, -0.05) is 13.8 Å². The maximum absolute atomic E-state index is 5.73. The fourth-order valence-electron chi connectivity index (χ4n) is 0.497. The number of ether oxygens (including phenoxy) is 1. The van der Waals surface area contributed by atoms with E-state index < -0.39 is 0 Å². The van der Waals surface area contributed by atoms with Crippen LogP contribution in [0.1, 0.15) is 27.7 Å². The monoisotopic (exact) mass is 181 g/mol. The maximum Gasteiger partial charge on any atom is 0.0531 e. The first-order valence-electron chi connectivity index (χ1n) is 3.84. The van der Waals surface area contributed by atoms with Gasteiger partial charge in [-0.3, -0.25) is 0 Å². The van der Waals surface area contributed by atoms with Gasteiger partial charge in [0.05, 0.1) is 6.61 Å². The Morgan fingerprint density at radius 3 is 2.18 bits per heavy atom. The predicted molar refractivity (Wildman–Crippen MR) is 51.2 cm³/mol. The lowest BCUT2D eigenvalue weighted by atomic mass is 9.87.